The number of halogens is 1. The summed E-state index contributed by atoms with van der Waals surface area (Å²) in [6, 6.07) is 4.97. The van der Waals surface area contributed by atoms with Crippen LogP contribution in [-0.2, 0) is 0 Å². The van der Waals surface area contributed by atoms with Crippen LogP contribution in [0.4, 0.5) is 4.39 Å². The number of carbonyl (C=O) groups is 1. The highest BCUT2D eigenvalue weighted by atomic mass is 19.1. The number of hydrogen-bond donors (Lipinski definition) is 1. The van der Waals surface area contributed by atoms with Crippen molar-refractivity contribution in [3.8, 4) is 0 Å². The molecule has 0 radical (unpaired) electrons. The first-order valence-corrected chi connectivity index (χ1v) is 5.91. The fourth-order valence-corrected chi connectivity index (χ4v) is 2.32. The van der Waals surface area contributed by atoms with E-state index in [1.54, 1.807) is 24.0 Å². The molecule has 1 aliphatic rings. The number of carbonyl (C=O) groups excluding carboxylic acids is 1. The lowest BCUT2D eigenvalue weighted by atomic mass is 10.1. The smallest absolute Gasteiger partial charge is 0.257 e. The van der Waals surface area contributed by atoms with Crippen LogP contribution in [0.2, 0.25) is 0 Å². The molecule has 1 atom stereocenters. The van der Waals surface area contributed by atoms with Gasteiger partial charge in [0.15, 0.2) is 0 Å². The molecule has 1 aromatic carbocycles. The minimum atomic E-state index is -0.417. The Morgan fingerprint density at radius 3 is 3.06 bits per heavy atom. The summed E-state index contributed by atoms with van der Waals surface area (Å²) in [6.45, 7) is 2.78. The van der Waals surface area contributed by atoms with Crippen molar-refractivity contribution in [1.29, 1.82) is 0 Å². The molecule has 0 bridgehead atoms. The molecule has 0 spiro atoms. The number of aryl methyl sites for hydroxylation is 1. The Hall–Kier alpha value is -1.42. The predicted octanol–water partition coefficient (Wildman–Crippen LogP) is 1.70. The van der Waals surface area contributed by atoms with Crippen LogP contribution in [0.15, 0.2) is 18.2 Å². The van der Waals surface area contributed by atoms with Crippen LogP contribution >= 0.6 is 0 Å². The second-order valence-electron chi connectivity index (χ2n) is 4.47. The van der Waals surface area contributed by atoms with Crippen molar-refractivity contribution in [3.63, 3.8) is 0 Å². The van der Waals surface area contributed by atoms with E-state index in [4.69, 9.17) is 5.73 Å². The third-order valence-corrected chi connectivity index (χ3v) is 3.33. The zero-order valence-electron chi connectivity index (χ0n) is 9.95. The first kappa shape index (κ1) is 12.0. The molecule has 1 saturated heterocycles. The Kier molecular flexibility index (Phi) is 3.43. The molecule has 1 fully saturated rings. The van der Waals surface area contributed by atoms with E-state index in [-0.39, 0.29) is 17.5 Å². The molecular formula is C13H17FN2O. The summed E-state index contributed by atoms with van der Waals surface area (Å²) in [5.41, 5.74) is 6.28. The molecule has 0 aromatic heterocycles. The third-order valence-electron chi connectivity index (χ3n) is 3.33. The van der Waals surface area contributed by atoms with Crippen LogP contribution in [0.3, 0.4) is 0 Å². The number of likely N-dealkylation sites (tertiary alicyclic amines) is 1. The number of amides is 1. The molecule has 3 nitrogen and oxygen atoms in total. The summed E-state index contributed by atoms with van der Waals surface area (Å²) in [6.07, 6.45) is 1.86. The topological polar surface area (TPSA) is 46.3 Å². The van der Waals surface area contributed by atoms with Crippen LogP contribution in [0, 0.1) is 12.7 Å². The van der Waals surface area contributed by atoms with Gasteiger partial charge >= 0.3 is 0 Å². The molecule has 4 heteroatoms. The highest BCUT2D eigenvalue weighted by Gasteiger charge is 2.29. The Labute approximate surface area is 100 Å². The van der Waals surface area contributed by atoms with Gasteiger partial charge < -0.3 is 10.6 Å². The lowest BCUT2D eigenvalue weighted by Crippen LogP contribution is -2.40. The van der Waals surface area contributed by atoms with Gasteiger partial charge in [-0.25, -0.2) is 4.39 Å². The molecule has 0 aliphatic carbocycles. The molecule has 17 heavy (non-hydrogen) atoms. The summed E-state index contributed by atoms with van der Waals surface area (Å²) in [4.78, 5) is 13.9. The standard InChI is InChI=1S/C13H17FN2O/c1-9-4-2-6-11(12(9)14)13(17)16-7-3-5-10(16)8-15/h2,4,6,10H,3,5,7-8,15H2,1H3. The first-order valence-electron chi connectivity index (χ1n) is 5.91. The summed E-state index contributed by atoms with van der Waals surface area (Å²) in [5.74, 6) is -0.653. The monoisotopic (exact) mass is 236 g/mol. The van der Waals surface area contributed by atoms with Gasteiger partial charge in [-0.05, 0) is 31.4 Å². The van der Waals surface area contributed by atoms with E-state index >= 15 is 0 Å². The number of benzene rings is 1. The van der Waals surface area contributed by atoms with Gasteiger partial charge in [0, 0.05) is 19.1 Å². The predicted molar refractivity (Wildman–Crippen MR) is 64.2 cm³/mol. The van der Waals surface area contributed by atoms with Gasteiger partial charge in [0.2, 0.25) is 0 Å². The SMILES string of the molecule is Cc1cccc(C(=O)N2CCCC2CN)c1F. The molecule has 1 amide bonds. The number of hydrogen-bond acceptors (Lipinski definition) is 2. The Morgan fingerprint density at radius 2 is 2.35 bits per heavy atom. The molecule has 92 valence electrons. The average Bonchev–Trinajstić information content (AvgIpc) is 2.80. The Morgan fingerprint density at radius 1 is 1.59 bits per heavy atom. The van der Waals surface area contributed by atoms with Crippen molar-refractivity contribution < 1.29 is 9.18 Å². The summed E-state index contributed by atoms with van der Waals surface area (Å²) < 4.78 is 13.9. The third kappa shape index (κ3) is 2.17. The zero-order valence-corrected chi connectivity index (χ0v) is 9.95. The summed E-state index contributed by atoms with van der Waals surface area (Å²) in [7, 11) is 0. The quantitative estimate of drug-likeness (QED) is 0.849. The highest BCUT2D eigenvalue weighted by molar-refractivity contribution is 5.95. The van der Waals surface area contributed by atoms with E-state index in [9.17, 15) is 9.18 Å². The van der Waals surface area contributed by atoms with Crippen LogP contribution in [0.25, 0.3) is 0 Å². The van der Waals surface area contributed by atoms with Gasteiger partial charge in [-0.2, -0.15) is 0 Å². The largest absolute Gasteiger partial charge is 0.334 e. The van der Waals surface area contributed by atoms with Crippen LogP contribution in [0.5, 0.6) is 0 Å². The van der Waals surface area contributed by atoms with Crippen molar-refractivity contribution in [2.75, 3.05) is 13.1 Å². The molecule has 1 aromatic rings. The summed E-state index contributed by atoms with van der Waals surface area (Å²) >= 11 is 0. The maximum Gasteiger partial charge on any atom is 0.257 e. The van der Waals surface area contributed by atoms with Gasteiger partial charge in [0.25, 0.3) is 5.91 Å². The van der Waals surface area contributed by atoms with Gasteiger partial charge in [0.1, 0.15) is 5.82 Å². The summed E-state index contributed by atoms with van der Waals surface area (Å²) in [5, 5.41) is 0. The van der Waals surface area contributed by atoms with E-state index in [2.05, 4.69) is 0 Å². The normalized spacial score (nSPS) is 19.7. The minimum Gasteiger partial charge on any atom is -0.334 e. The lowest BCUT2D eigenvalue weighted by Gasteiger charge is -2.23. The highest BCUT2D eigenvalue weighted by Crippen LogP contribution is 2.21. The maximum absolute atomic E-state index is 13.9. The Bertz CT molecular complexity index is 433. The lowest BCUT2D eigenvalue weighted by molar-refractivity contribution is 0.0736. The molecule has 1 unspecified atom stereocenters. The van der Waals surface area contributed by atoms with E-state index in [0.717, 1.165) is 12.8 Å². The van der Waals surface area contributed by atoms with Gasteiger partial charge in [0.05, 0.1) is 5.56 Å². The average molecular weight is 236 g/mol. The van der Waals surface area contributed by atoms with Crippen molar-refractivity contribution >= 4 is 5.91 Å². The van der Waals surface area contributed by atoms with Crippen molar-refractivity contribution in [2.45, 2.75) is 25.8 Å². The molecule has 0 saturated carbocycles. The van der Waals surface area contributed by atoms with Gasteiger partial charge in [-0.3, -0.25) is 4.79 Å². The number of nitrogens with zero attached hydrogens (tertiary/aromatic N) is 1. The fraction of sp³-hybridized carbons (Fsp3) is 0.462. The second kappa shape index (κ2) is 4.84. The van der Waals surface area contributed by atoms with Gasteiger partial charge in [-0.1, -0.05) is 12.1 Å². The van der Waals surface area contributed by atoms with Crippen LogP contribution in [-0.4, -0.2) is 29.9 Å². The van der Waals surface area contributed by atoms with Crippen LogP contribution in [0.1, 0.15) is 28.8 Å². The minimum absolute atomic E-state index is 0.0578. The molecular weight excluding hydrogens is 219 g/mol. The Balaban J connectivity index is 2.28. The first-order chi connectivity index (χ1) is 8.15. The van der Waals surface area contributed by atoms with E-state index in [1.165, 1.54) is 6.07 Å². The second-order valence-corrected chi connectivity index (χ2v) is 4.47. The van der Waals surface area contributed by atoms with E-state index in [1.807, 2.05) is 0 Å². The number of nitrogens with two attached hydrogens (primary N) is 1. The fourth-order valence-electron chi connectivity index (χ4n) is 2.32. The molecule has 2 N–H and O–H groups in total. The van der Waals surface area contributed by atoms with E-state index < -0.39 is 5.82 Å². The van der Waals surface area contributed by atoms with Crippen molar-refractivity contribution in [1.82, 2.24) is 4.90 Å². The van der Waals surface area contributed by atoms with Crippen molar-refractivity contribution in [3.05, 3.63) is 35.1 Å². The number of rotatable bonds is 2. The zero-order chi connectivity index (χ0) is 12.4. The van der Waals surface area contributed by atoms with E-state index in [0.29, 0.717) is 18.7 Å². The maximum atomic E-state index is 13.9. The molecule has 1 heterocycles. The molecule has 1 aliphatic heterocycles. The van der Waals surface area contributed by atoms with Gasteiger partial charge in [-0.15, -0.1) is 0 Å². The van der Waals surface area contributed by atoms with Crippen molar-refractivity contribution in [2.24, 2.45) is 5.73 Å². The molecule has 2 rings (SSSR count). The van der Waals surface area contributed by atoms with Crippen LogP contribution < -0.4 is 5.73 Å².